The summed E-state index contributed by atoms with van der Waals surface area (Å²) in [4.78, 5) is 0. The second-order valence-electron chi connectivity index (χ2n) is 4.04. The number of hydrogen-bond acceptors (Lipinski definition) is 2. The molecule has 2 rings (SSSR count). The fourth-order valence-electron chi connectivity index (χ4n) is 1.75. The molecule has 0 amide bonds. The predicted octanol–water partition coefficient (Wildman–Crippen LogP) is 4.00. The lowest BCUT2D eigenvalue weighted by Gasteiger charge is -2.07. The molecule has 0 aromatic heterocycles. The first-order valence-corrected chi connectivity index (χ1v) is 6.28. The van der Waals surface area contributed by atoms with Gasteiger partial charge in [-0.2, -0.15) is 0 Å². The summed E-state index contributed by atoms with van der Waals surface area (Å²) in [6, 6.07) is 15.9. The summed E-state index contributed by atoms with van der Waals surface area (Å²) in [6.45, 7) is 0.884. The zero-order chi connectivity index (χ0) is 12.8. The van der Waals surface area contributed by atoms with Crippen molar-refractivity contribution in [2.24, 2.45) is 0 Å². The van der Waals surface area contributed by atoms with Crippen molar-refractivity contribution in [2.75, 3.05) is 19.0 Å². The Morgan fingerprint density at radius 3 is 2.61 bits per heavy atom. The Morgan fingerprint density at radius 2 is 1.89 bits per heavy atom. The summed E-state index contributed by atoms with van der Waals surface area (Å²) in [5, 5.41) is 4.12. The number of benzene rings is 2. The number of rotatable bonds is 5. The van der Waals surface area contributed by atoms with Crippen LogP contribution in [0.2, 0.25) is 5.02 Å². The first-order valence-electron chi connectivity index (χ1n) is 5.90. The normalized spacial score (nSPS) is 10.1. The Hall–Kier alpha value is -1.67. The van der Waals surface area contributed by atoms with Crippen LogP contribution in [0.15, 0.2) is 48.5 Å². The van der Waals surface area contributed by atoms with E-state index >= 15 is 0 Å². The highest BCUT2D eigenvalue weighted by atomic mass is 35.5. The topological polar surface area (TPSA) is 21.3 Å². The Morgan fingerprint density at radius 1 is 1.11 bits per heavy atom. The van der Waals surface area contributed by atoms with E-state index in [1.54, 1.807) is 7.11 Å². The van der Waals surface area contributed by atoms with Crippen molar-refractivity contribution in [1.29, 1.82) is 0 Å². The first kappa shape index (κ1) is 12.8. The highest BCUT2D eigenvalue weighted by Crippen LogP contribution is 2.15. The van der Waals surface area contributed by atoms with Crippen LogP contribution in [0.3, 0.4) is 0 Å². The van der Waals surface area contributed by atoms with Gasteiger partial charge in [0.1, 0.15) is 5.75 Å². The molecule has 2 nitrogen and oxygen atoms in total. The van der Waals surface area contributed by atoms with E-state index in [1.165, 1.54) is 5.56 Å². The zero-order valence-corrected chi connectivity index (χ0v) is 11.1. The second-order valence-corrected chi connectivity index (χ2v) is 4.47. The molecule has 0 radical (unpaired) electrons. The molecule has 0 aliphatic rings. The van der Waals surface area contributed by atoms with Crippen molar-refractivity contribution in [3.8, 4) is 5.75 Å². The molecular weight excluding hydrogens is 246 g/mol. The van der Waals surface area contributed by atoms with Crippen molar-refractivity contribution in [1.82, 2.24) is 0 Å². The number of anilines is 1. The van der Waals surface area contributed by atoms with Gasteiger partial charge in [0.25, 0.3) is 0 Å². The van der Waals surface area contributed by atoms with E-state index in [9.17, 15) is 0 Å². The Kier molecular flexibility index (Phi) is 4.48. The maximum absolute atomic E-state index is 5.83. The number of halogens is 1. The van der Waals surface area contributed by atoms with Crippen LogP contribution < -0.4 is 10.1 Å². The smallest absolute Gasteiger partial charge is 0.119 e. The van der Waals surface area contributed by atoms with Gasteiger partial charge in [-0.15, -0.1) is 0 Å². The standard InChI is InChI=1S/C15H16ClNO/c1-18-15-4-2-3-12(11-15)9-10-17-14-7-5-13(16)6-8-14/h2-8,11,17H,9-10H2,1H3. The maximum Gasteiger partial charge on any atom is 0.119 e. The van der Waals surface area contributed by atoms with Crippen LogP contribution in [0.1, 0.15) is 5.56 Å². The third kappa shape index (κ3) is 3.67. The summed E-state index contributed by atoms with van der Waals surface area (Å²) in [6.07, 6.45) is 0.958. The average Bonchev–Trinajstić information content (AvgIpc) is 2.41. The van der Waals surface area contributed by atoms with Gasteiger partial charge in [-0.25, -0.2) is 0 Å². The molecule has 1 N–H and O–H groups in total. The van der Waals surface area contributed by atoms with E-state index in [1.807, 2.05) is 36.4 Å². The first-order chi connectivity index (χ1) is 8.78. The summed E-state index contributed by atoms with van der Waals surface area (Å²) >= 11 is 5.83. The van der Waals surface area contributed by atoms with Gasteiger partial charge < -0.3 is 10.1 Å². The van der Waals surface area contributed by atoms with Crippen LogP contribution in [0, 0.1) is 0 Å². The molecule has 0 saturated carbocycles. The lowest BCUT2D eigenvalue weighted by molar-refractivity contribution is 0.414. The van der Waals surface area contributed by atoms with Gasteiger partial charge in [-0.1, -0.05) is 23.7 Å². The highest BCUT2D eigenvalue weighted by Gasteiger charge is 1.96. The van der Waals surface area contributed by atoms with Crippen LogP contribution in [-0.2, 0) is 6.42 Å². The molecule has 94 valence electrons. The largest absolute Gasteiger partial charge is 0.497 e. The van der Waals surface area contributed by atoms with Gasteiger partial charge in [-0.05, 0) is 48.4 Å². The molecule has 0 atom stereocenters. The third-order valence-corrected chi connectivity index (χ3v) is 2.97. The summed E-state index contributed by atoms with van der Waals surface area (Å²) < 4.78 is 5.20. The molecule has 2 aromatic carbocycles. The van der Waals surface area contributed by atoms with Crippen LogP contribution >= 0.6 is 11.6 Å². The molecule has 0 fully saturated rings. The Balaban J connectivity index is 1.86. The van der Waals surface area contributed by atoms with E-state index < -0.39 is 0 Å². The molecule has 3 heteroatoms. The Bertz CT molecular complexity index is 496. The summed E-state index contributed by atoms with van der Waals surface area (Å²) in [5.41, 5.74) is 2.35. The molecule has 18 heavy (non-hydrogen) atoms. The van der Waals surface area contributed by atoms with Crippen LogP contribution in [-0.4, -0.2) is 13.7 Å². The van der Waals surface area contributed by atoms with Crippen LogP contribution in [0.4, 0.5) is 5.69 Å². The number of ether oxygens (including phenoxy) is 1. The molecule has 0 heterocycles. The highest BCUT2D eigenvalue weighted by molar-refractivity contribution is 6.30. The third-order valence-electron chi connectivity index (χ3n) is 2.72. The summed E-state index contributed by atoms with van der Waals surface area (Å²) in [7, 11) is 1.69. The van der Waals surface area contributed by atoms with Gasteiger partial charge in [0.05, 0.1) is 7.11 Å². The molecule has 0 unspecified atom stereocenters. The molecule has 0 spiro atoms. The average molecular weight is 262 g/mol. The van der Waals surface area contributed by atoms with Crippen molar-refractivity contribution >= 4 is 17.3 Å². The number of hydrogen-bond donors (Lipinski definition) is 1. The minimum atomic E-state index is 0.758. The Labute approximate surface area is 113 Å². The van der Waals surface area contributed by atoms with Gasteiger partial charge in [0, 0.05) is 17.3 Å². The van der Waals surface area contributed by atoms with Crippen LogP contribution in [0.5, 0.6) is 5.75 Å². The SMILES string of the molecule is COc1cccc(CCNc2ccc(Cl)cc2)c1. The van der Waals surface area contributed by atoms with E-state index in [0.717, 1.165) is 29.4 Å². The lowest BCUT2D eigenvalue weighted by atomic mass is 10.1. The summed E-state index contributed by atoms with van der Waals surface area (Å²) in [5.74, 6) is 0.902. The minimum absolute atomic E-state index is 0.758. The molecule has 2 aromatic rings. The number of methoxy groups -OCH3 is 1. The monoisotopic (exact) mass is 261 g/mol. The molecule has 0 aliphatic carbocycles. The van der Waals surface area contributed by atoms with E-state index in [-0.39, 0.29) is 0 Å². The van der Waals surface area contributed by atoms with Gasteiger partial charge >= 0.3 is 0 Å². The van der Waals surface area contributed by atoms with Gasteiger partial charge in [0.15, 0.2) is 0 Å². The van der Waals surface area contributed by atoms with Gasteiger partial charge in [0.2, 0.25) is 0 Å². The van der Waals surface area contributed by atoms with E-state index in [4.69, 9.17) is 16.3 Å². The van der Waals surface area contributed by atoms with Crippen molar-refractivity contribution in [3.63, 3.8) is 0 Å². The predicted molar refractivity (Wildman–Crippen MR) is 76.6 cm³/mol. The zero-order valence-electron chi connectivity index (χ0n) is 10.3. The van der Waals surface area contributed by atoms with Crippen molar-refractivity contribution in [2.45, 2.75) is 6.42 Å². The molecule has 0 aliphatic heterocycles. The molecule has 0 bridgehead atoms. The van der Waals surface area contributed by atoms with Gasteiger partial charge in [-0.3, -0.25) is 0 Å². The van der Waals surface area contributed by atoms with Crippen LogP contribution in [0.25, 0.3) is 0 Å². The fourth-order valence-corrected chi connectivity index (χ4v) is 1.87. The van der Waals surface area contributed by atoms with Crippen molar-refractivity contribution < 1.29 is 4.74 Å². The maximum atomic E-state index is 5.83. The van der Waals surface area contributed by atoms with E-state index in [2.05, 4.69) is 17.4 Å². The second kappa shape index (κ2) is 6.31. The lowest BCUT2D eigenvalue weighted by Crippen LogP contribution is -2.04. The molecule has 0 saturated heterocycles. The van der Waals surface area contributed by atoms with Crippen molar-refractivity contribution in [3.05, 3.63) is 59.1 Å². The molecular formula is C15H16ClNO. The quantitative estimate of drug-likeness (QED) is 0.878. The fraction of sp³-hybridized carbons (Fsp3) is 0.200. The number of nitrogens with one attached hydrogen (secondary N) is 1. The minimum Gasteiger partial charge on any atom is -0.497 e. The van der Waals surface area contributed by atoms with E-state index in [0.29, 0.717) is 0 Å².